The van der Waals surface area contributed by atoms with Gasteiger partial charge in [0.1, 0.15) is 34.7 Å². The zero-order valence-corrected chi connectivity index (χ0v) is 15.3. The molecule has 0 saturated carbocycles. The number of methoxy groups -OCH3 is 2. The minimum Gasteiger partial charge on any atom is -0.497 e. The number of ether oxygens (including phenoxy) is 3. The highest BCUT2D eigenvalue weighted by Gasteiger charge is 2.21. The highest BCUT2D eigenvalue weighted by Crippen LogP contribution is 2.35. The number of benzene rings is 2. The molecule has 26 heavy (non-hydrogen) atoms. The van der Waals surface area contributed by atoms with Crippen molar-refractivity contribution in [3.8, 4) is 17.2 Å². The minimum atomic E-state index is 0.227. The second-order valence-corrected chi connectivity index (χ2v) is 6.62. The van der Waals surface area contributed by atoms with Crippen molar-refractivity contribution in [1.29, 1.82) is 0 Å². The van der Waals surface area contributed by atoms with Crippen molar-refractivity contribution >= 4 is 11.0 Å². The van der Waals surface area contributed by atoms with Gasteiger partial charge < -0.3 is 23.9 Å². The number of hydrogen-bond donors (Lipinski definition) is 1. The summed E-state index contributed by atoms with van der Waals surface area (Å²) in [5.41, 5.74) is 3.16. The van der Waals surface area contributed by atoms with Gasteiger partial charge >= 0.3 is 0 Å². The molecule has 1 N–H and O–H groups in total. The maximum atomic E-state index is 5.88. The third-order valence-corrected chi connectivity index (χ3v) is 4.69. The van der Waals surface area contributed by atoms with E-state index in [0.717, 1.165) is 46.0 Å². The fraction of sp³-hybridized carbons (Fsp3) is 0.333. The zero-order chi connectivity index (χ0) is 18.1. The zero-order valence-electron chi connectivity index (χ0n) is 15.3. The molecular weight excluding hydrogens is 330 g/mol. The molecule has 1 unspecified atom stereocenters. The van der Waals surface area contributed by atoms with Crippen LogP contribution in [0, 0.1) is 0 Å². The van der Waals surface area contributed by atoms with Gasteiger partial charge in [-0.05, 0) is 43.3 Å². The van der Waals surface area contributed by atoms with Crippen LogP contribution in [0.2, 0.25) is 0 Å². The number of furan rings is 1. The van der Waals surface area contributed by atoms with Crippen LogP contribution in [0.25, 0.3) is 11.0 Å². The summed E-state index contributed by atoms with van der Waals surface area (Å²) in [5, 5.41) is 4.46. The topological polar surface area (TPSA) is 52.9 Å². The van der Waals surface area contributed by atoms with Crippen molar-refractivity contribution in [1.82, 2.24) is 5.32 Å². The summed E-state index contributed by atoms with van der Waals surface area (Å²) in [6.07, 6.45) is 1.16. The highest BCUT2D eigenvalue weighted by atomic mass is 16.5. The predicted molar refractivity (Wildman–Crippen MR) is 100 cm³/mol. The molecule has 0 fully saturated rings. The lowest BCUT2D eigenvalue weighted by molar-refractivity contribution is 0.254. The van der Waals surface area contributed by atoms with E-state index < -0.39 is 0 Å². The van der Waals surface area contributed by atoms with E-state index in [2.05, 4.69) is 24.4 Å². The Hall–Kier alpha value is -2.66. The molecule has 1 aromatic heterocycles. The highest BCUT2D eigenvalue weighted by molar-refractivity contribution is 5.79. The lowest BCUT2D eigenvalue weighted by atomic mass is 10.1. The van der Waals surface area contributed by atoms with E-state index in [-0.39, 0.29) is 6.10 Å². The molecule has 0 bridgehead atoms. The Morgan fingerprint density at radius 3 is 2.77 bits per heavy atom. The molecule has 1 aliphatic heterocycles. The molecule has 0 saturated heterocycles. The normalized spacial score (nSPS) is 15.7. The first-order valence-electron chi connectivity index (χ1n) is 8.80. The number of nitrogens with one attached hydrogen (secondary N) is 1. The molecule has 0 aliphatic carbocycles. The summed E-state index contributed by atoms with van der Waals surface area (Å²) in [6.45, 7) is 3.39. The molecule has 5 nitrogen and oxygen atoms in total. The molecule has 2 aromatic carbocycles. The Morgan fingerprint density at radius 1 is 1.08 bits per heavy atom. The minimum absolute atomic E-state index is 0.227. The van der Waals surface area contributed by atoms with Crippen LogP contribution >= 0.6 is 0 Å². The summed E-state index contributed by atoms with van der Waals surface area (Å²) < 4.78 is 22.5. The molecule has 1 atom stereocenters. The third kappa shape index (κ3) is 3.22. The van der Waals surface area contributed by atoms with Gasteiger partial charge in [-0.3, -0.25) is 0 Å². The van der Waals surface area contributed by atoms with Crippen LogP contribution in [0.5, 0.6) is 17.2 Å². The second kappa shape index (κ2) is 6.92. The van der Waals surface area contributed by atoms with Crippen LogP contribution in [0.1, 0.15) is 23.8 Å². The van der Waals surface area contributed by atoms with Gasteiger partial charge in [0.2, 0.25) is 0 Å². The largest absolute Gasteiger partial charge is 0.497 e. The summed E-state index contributed by atoms with van der Waals surface area (Å²) in [6, 6.07) is 12.0. The van der Waals surface area contributed by atoms with Crippen LogP contribution in [-0.4, -0.2) is 20.3 Å². The standard InChI is InChI=1S/C21H23NO4/c1-13-6-14-9-20(24-3)16(10-21(14)25-13)11-22-12-18-8-15-7-17(23-2)4-5-19(15)26-18/h4-5,7-10,13,22H,6,11-12H2,1-3H3. The van der Waals surface area contributed by atoms with Crippen molar-refractivity contribution in [2.45, 2.75) is 32.5 Å². The van der Waals surface area contributed by atoms with Crippen LogP contribution in [-0.2, 0) is 19.5 Å². The van der Waals surface area contributed by atoms with Gasteiger partial charge in [0.15, 0.2) is 0 Å². The Morgan fingerprint density at radius 2 is 1.96 bits per heavy atom. The van der Waals surface area contributed by atoms with E-state index in [1.54, 1.807) is 14.2 Å². The molecule has 1 aliphatic rings. The van der Waals surface area contributed by atoms with Crippen molar-refractivity contribution in [2.75, 3.05) is 14.2 Å². The van der Waals surface area contributed by atoms with E-state index in [9.17, 15) is 0 Å². The quantitative estimate of drug-likeness (QED) is 0.724. The smallest absolute Gasteiger partial charge is 0.134 e. The van der Waals surface area contributed by atoms with Gasteiger partial charge in [0.05, 0.1) is 20.8 Å². The van der Waals surface area contributed by atoms with Gasteiger partial charge in [-0.25, -0.2) is 0 Å². The SMILES string of the molecule is COc1ccc2oc(CNCc3cc4c(cc3OC)CC(C)O4)cc2c1. The Balaban J connectivity index is 1.45. The number of rotatable bonds is 6. The third-order valence-electron chi connectivity index (χ3n) is 4.69. The summed E-state index contributed by atoms with van der Waals surface area (Å²) in [7, 11) is 3.37. The van der Waals surface area contributed by atoms with Gasteiger partial charge in [-0.2, -0.15) is 0 Å². The average molecular weight is 353 g/mol. The summed E-state index contributed by atoms with van der Waals surface area (Å²) >= 11 is 0. The molecule has 2 heterocycles. The number of fused-ring (bicyclic) bond motifs is 2. The molecule has 5 heteroatoms. The molecule has 0 radical (unpaired) electrons. The molecular formula is C21H23NO4. The molecule has 0 amide bonds. The van der Waals surface area contributed by atoms with Crippen LogP contribution in [0.3, 0.4) is 0 Å². The predicted octanol–water partition coefficient (Wildman–Crippen LogP) is 4.06. The van der Waals surface area contributed by atoms with Crippen LogP contribution in [0.15, 0.2) is 40.8 Å². The maximum Gasteiger partial charge on any atom is 0.134 e. The number of hydrogen-bond acceptors (Lipinski definition) is 5. The van der Waals surface area contributed by atoms with E-state index in [4.69, 9.17) is 18.6 Å². The van der Waals surface area contributed by atoms with Gasteiger partial charge in [0, 0.05) is 29.5 Å². The molecule has 3 aromatic rings. The fourth-order valence-corrected chi connectivity index (χ4v) is 3.42. The van der Waals surface area contributed by atoms with E-state index in [1.807, 2.05) is 24.3 Å². The van der Waals surface area contributed by atoms with Crippen molar-refractivity contribution < 1.29 is 18.6 Å². The molecule has 136 valence electrons. The van der Waals surface area contributed by atoms with Crippen molar-refractivity contribution in [3.63, 3.8) is 0 Å². The molecule has 0 spiro atoms. The Kier molecular flexibility index (Phi) is 4.47. The average Bonchev–Trinajstić information content (AvgIpc) is 3.21. The van der Waals surface area contributed by atoms with E-state index in [1.165, 1.54) is 5.56 Å². The molecule has 4 rings (SSSR count). The monoisotopic (exact) mass is 353 g/mol. The first-order valence-corrected chi connectivity index (χ1v) is 8.80. The van der Waals surface area contributed by atoms with E-state index in [0.29, 0.717) is 13.1 Å². The first kappa shape index (κ1) is 16.8. The van der Waals surface area contributed by atoms with Crippen molar-refractivity contribution in [3.05, 3.63) is 53.3 Å². The summed E-state index contributed by atoms with van der Waals surface area (Å²) in [5.74, 6) is 3.57. The van der Waals surface area contributed by atoms with Gasteiger partial charge in [-0.1, -0.05) is 0 Å². The second-order valence-electron chi connectivity index (χ2n) is 6.62. The lowest BCUT2D eigenvalue weighted by Crippen LogP contribution is -2.13. The Labute approximate surface area is 152 Å². The first-order chi connectivity index (χ1) is 12.7. The summed E-state index contributed by atoms with van der Waals surface area (Å²) in [4.78, 5) is 0. The lowest BCUT2D eigenvalue weighted by Gasteiger charge is -2.11. The van der Waals surface area contributed by atoms with E-state index >= 15 is 0 Å². The maximum absolute atomic E-state index is 5.88. The van der Waals surface area contributed by atoms with Gasteiger partial charge in [-0.15, -0.1) is 0 Å². The fourth-order valence-electron chi connectivity index (χ4n) is 3.42. The van der Waals surface area contributed by atoms with Crippen LogP contribution < -0.4 is 19.5 Å². The Bertz CT molecular complexity index is 931. The van der Waals surface area contributed by atoms with Crippen LogP contribution in [0.4, 0.5) is 0 Å². The van der Waals surface area contributed by atoms with Crippen molar-refractivity contribution in [2.24, 2.45) is 0 Å². The van der Waals surface area contributed by atoms with Gasteiger partial charge in [0.25, 0.3) is 0 Å².